The van der Waals surface area contributed by atoms with Crippen molar-refractivity contribution >= 4 is 29.4 Å². The topological polar surface area (TPSA) is 41.6 Å². The Hall–Kier alpha value is -2.40. The number of rotatable bonds is 5. The lowest BCUT2D eigenvalue weighted by molar-refractivity contribution is -0.129. The van der Waals surface area contributed by atoms with Crippen LogP contribution in [0.25, 0.3) is 6.08 Å². The first kappa shape index (κ1) is 20.9. The normalized spacial score (nSPS) is 25.6. The SMILES string of the molecule is COc1ccc(/C=C2\SC(Nc3ccccc3)N([C@@H]3CCCC[C@H]3C)C2=O)cc1C. The molecule has 158 valence electrons. The van der Waals surface area contributed by atoms with E-state index in [1.54, 1.807) is 18.9 Å². The van der Waals surface area contributed by atoms with Gasteiger partial charge in [-0.1, -0.05) is 55.8 Å². The van der Waals surface area contributed by atoms with E-state index in [1.165, 1.54) is 19.3 Å². The zero-order chi connectivity index (χ0) is 21.1. The Morgan fingerprint density at radius 2 is 1.90 bits per heavy atom. The minimum atomic E-state index is -0.0870. The molecular weight excluding hydrogens is 392 g/mol. The third kappa shape index (κ3) is 4.36. The van der Waals surface area contributed by atoms with Crippen molar-refractivity contribution in [2.45, 2.75) is 51.1 Å². The van der Waals surface area contributed by atoms with E-state index in [4.69, 9.17) is 4.74 Å². The van der Waals surface area contributed by atoms with E-state index in [2.05, 4.69) is 35.3 Å². The molecule has 1 saturated heterocycles. The molecule has 2 aliphatic rings. The lowest BCUT2D eigenvalue weighted by Crippen LogP contribution is -2.48. The summed E-state index contributed by atoms with van der Waals surface area (Å²) in [6.07, 6.45) is 6.74. The molecule has 4 nitrogen and oxygen atoms in total. The van der Waals surface area contributed by atoms with E-state index in [0.29, 0.717) is 5.92 Å². The van der Waals surface area contributed by atoms with Crippen LogP contribution in [0, 0.1) is 12.8 Å². The zero-order valence-electron chi connectivity index (χ0n) is 17.9. The van der Waals surface area contributed by atoms with Crippen molar-refractivity contribution in [3.63, 3.8) is 0 Å². The number of amides is 1. The molecule has 0 bridgehead atoms. The number of nitrogens with one attached hydrogen (secondary N) is 1. The van der Waals surface area contributed by atoms with Gasteiger partial charge in [0.2, 0.25) is 0 Å². The maximum Gasteiger partial charge on any atom is 0.262 e. The summed E-state index contributed by atoms with van der Waals surface area (Å²) in [5.74, 6) is 1.52. The van der Waals surface area contributed by atoms with Crippen molar-refractivity contribution in [2.24, 2.45) is 5.92 Å². The first-order valence-electron chi connectivity index (χ1n) is 10.7. The molecule has 1 unspecified atom stereocenters. The van der Waals surface area contributed by atoms with Crippen molar-refractivity contribution in [2.75, 3.05) is 12.4 Å². The number of hydrogen-bond donors (Lipinski definition) is 1. The van der Waals surface area contributed by atoms with E-state index >= 15 is 0 Å². The summed E-state index contributed by atoms with van der Waals surface area (Å²) in [5.41, 5.74) is 3.05. The Kier molecular flexibility index (Phi) is 6.38. The third-order valence-electron chi connectivity index (χ3n) is 6.14. The largest absolute Gasteiger partial charge is 0.496 e. The number of hydrogen-bond acceptors (Lipinski definition) is 4. The van der Waals surface area contributed by atoms with E-state index in [0.717, 1.165) is 33.9 Å². The van der Waals surface area contributed by atoms with Crippen molar-refractivity contribution in [1.29, 1.82) is 0 Å². The lowest BCUT2D eigenvalue weighted by Gasteiger charge is -2.39. The van der Waals surface area contributed by atoms with Gasteiger partial charge in [-0.25, -0.2) is 0 Å². The minimum Gasteiger partial charge on any atom is -0.496 e. The molecular formula is C25H30N2O2S. The standard InChI is InChI=1S/C25H30N2O2S/c1-17-9-7-8-12-21(17)27-24(28)23(16-19-13-14-22(29-3)18(2)15-19)30-25(27)26-20-10-5-4-6-11-20/h4-6,10-11,13-17,21,25-26H,7-9,12H2,1-3H3/b23-16-/t17-,21-,25?/m1/s1. The summed E-state index contributed by atoms with van der Waals surface area (Å²) in [5, 5.41) is 3.59. The average Bonchev–Trinajstić information content (AvgIpc) is 3.04. The summed E-state index contributed by atoms with van der Waals surface area (Å²) < 4.78 is 5.37. The van der Waals surface area contributed by atoms with E-state index in [1.807, 2.05) is 43.3 Å². The minimum absolute atomic E-state index is 0.0870. The van der Waals surface area contributed by atoms with Gasteiger partial charge in [0.1, 0.15) is 5.75 Å². The maximum absolute atomic E-state index is 13.5. The number of para-hydroxylation sites is 1. The van der Waals surface area contributed by atoms with Gasteiger partial charge in [0, 0.05) is 11.7 Å². The molecule has 3 atom stereocenters. The molecule has 1 heterocycles. The zero-order valence-corrected chi connectivity index (χ0v) is 18.7. The predicted molar refractivity (Wildman–Crippen MR) is 125 cm³/mol. The second-order valence-corrected chi connectivity index (χ2v) is 9.38. The number of ether oxygens (including phenoxy) is 1. The number of benzene rings is 2. The molecule has 30 heavy (non-hydrogen) atoms. The molecule has 1 aliphatic carbocycles. The number of carbonyl (C=O) groups excluding carboxylic acids is 1. The van der Waals surface area contributed by atoms with Crippen molar-refractivity contribution < 1.29 is 9.53 Å². The highest BCUT2D eigenvalue weighted by Crippen LogP contribution is 2.42. The van der Waals surface area contributed by atoms with Crippen LogP contribution in [-0.4, -0.2) is 29.5 Å². The van der Waals surface area contributed by atoms with Gasteiger partial charge in [0.25, 0.3) is 5.91 Å². The highest BCUT2D eigenvalue weighted by molar-refractivity contribution is 8.05. The monoisotopic (exact) mass is 422 g/mol. The molecule has 1 amide bonds. The van der Waals surface area contributed by atoms with Crippen LogP contribution < -0.4 is 10.1 Å². The van der Waals surface area contributed by atoms with E-state index < -0.39 is 0 Å². The van der Waals surface area contributed by atoms with Crippen molar-refractivity contribution in [3.05, 3.63) is 64.6 Å². The molecule has 1 saturated carbocycles. The second kappa shape index (κ2) is 9.17. The van der Waals surface area contributed by atoms with E-state index in [-0.39, 0.29) is 17.4 Å². The van der Waals surface area contributed by atoms with Crippen molar-refractivity contribution in [1.82, 2.24) is 4.90 Å². The van der Waals surface area contributed by atoms with Crippen LogP contribution in [0.2, 0.25) is 0 Å². The Morgan fingerprint density at radius 1 is 1.13 bits per heavy atom. The predicted octanol–water partition coefficient (Wildman–Crippen LogP) is 5.89. The number of thioether (sulfide) groups is 1. The van der Waals surface area contributed by atoms with Crippen LogP contribution in [0.3, 0.4) is 0 Å². The van der Waals surface area contributed by atoms with Crippen LogP contribution in [0.1, 0.15) is 43.7 Å². The number of methoxy groups -OCH3 is 1. The highest BCUT2D eigenvalue weighted by Gasteiger charge is 2.42. The maximum atomic E-state index is 13.5. The first-order chi connectivity index (χ1) is 14.6. The number of anilines is 1. The second-order valence-electron chi connectivity index (χ2n) is 8.26. The Bertz CT molecular complexity index is 928. The first-order valence-corrected chi connectivity index (χ1v) is 11.6. The van der Waals surface area contributed by atoms with Gasteiger partial charge in [0.05, 0.1) is 12.0 Å². The molecule has 0 aromatic heterocycles. The molecule has 5 heteroatoms. The van der Waals surface area contributed by atoms with Crippen LogP contribution in [0.15, 0.2) is 53.4 Å². The summed E-state index contributed by atoms with van der Waals surface area (Å²) >= 11 is 1.62. The summed E-state index contributed by atoms with van der Waals surface area (Å²) in [6.45, 7) is 4.32. The Balaban J connectivity index is 1.64. The van der Waals surface area contributed by atoms with Crippen LogP contribution >= 0.6 is 11.8 Å². The van der Waals surface area contributed by atoms with Gasteiger partial charge >= 0.3 is 0 Å². The molecule has 4 rings (SSSR count). The number of carbonyl (C=O) groups is 1. The fraction of sp³-hybridized carbons (Fsp3) is 0.400. The van der Waals surface area contributed by atoms with Gasteiger partial charge in [-0.3, -0.25) is 4.79 Å². The fourth-order valence-electron chi connectivity index (χ4n) is 4.51. The van der Waals surface area contributed by atoms with Crippen LogP contribution in [0.5, 0.6) is 5.75 Å². The van der Waals surface area contributed by atoms with Gasteiger partial charge < -0.3 is 15.0 Å². The number of aryl methyl sites for hydroxylation is 1. The van der Waals surface area contributed by atoms with Gasteiger partial charge in [-0.05, 0) is 67.2 Å². The van der Waals surface area contributed by atoms with Crippen LogP contribution in [-0.2, 0) is 4.79 Å². The summed E-state index contributed by atoms with van der Waals surface area (Å²) in [4.78, 5) is 16.4. The molecule has 1 aliphatic heterocycles. The van der Waals surface area contributed by atoms with Crippen molar-refractivity contribution in [3.8, 4) is 5.75 Å². The average molecular weight is 423 g/mol. The quantitative estimate of drug-likeness (QED) is 0.610. The van der Waals surface area contributed by atoms with Crippen LogP contribution in [0.4, 0.5) is 5.69 Å². The smallest absolute Gasteiger partial charge is 0.262 e. The fourth-order valence-corrected chi connectivity index (χ4v) is 5.72. The molecule has 2 fully saturated rings. The van der Waals surface area contributed by atoms with E-state index in [9.17, 15) is 4.79 Å². The lowest BCUT2D eigenvalue weighted by atomic mass is 9.85. The molecule has 2 aromatic rings. The van der Waals surface area contributed by atoms with Gasteiger partial charge in [0.15, 0.2) is 5.50 Å². The Morgan fingerprint density at radius 3 is 2.60 bits per heavy atom. The molecule has 2 aromatic carbocycles. The summed E-state index contributed by atoms with van der Waals surface area (Å²) in [7, 11) is 1.68. The molecule has 1 N–H and O–H groups in total. The third-order valence-corrected chi connectivity index (χ3v) is 7.26. The Labute approximate surface area is 183 Å². The number of nitrogens with zero attached hydrogens (tertiary/aromatic N) is 1. The molecule has 0 radical (unpaired) electrons. The van der Waals surface area contributed by atoms with Gasteiger partial charge in [-0.2, -0.15) is 0 Å². The highest BCUT2D eigenvalue weighted by atomic mass is 32.2. The molecule has 0 spiro atoms. The van der Waals surface area contributed by atoms with Gasteiger partial charge in [-0.15, -0.1) is 0 Å². The summed E-state index contributed by atoms with van der Waals surface area (Å²) in [6, 6.07) is 16.5.